The highest BCUT2D eigenvalue weighted by atomic mass is 35.5. The van der Waals surface area contributed by atoms with Gasteiger partial charge in [0, 0.05) is 25.2 Å². The molecule has 6 heteroatoms. The van der Waals surface area contributed by atoms with Gasteiger partial charge in [0.25, 0.3) is 5.69 Å². The fourth-order valence-corrected chi connectivity index (χ4v) is 2.92. The third-order valence-corrected chi connectivity index (χ3v) is 4.14. The van der Waals surface area contributed by atoms with Gasteiger partial charge in [-0.3, -0.25) is 15.0 Å². The Balaban J connectivity index is 1.88. The maximum atomic E-state index is 10.8. The van der Waals surface area contributed by atoms with E-state index in [0.29, 0.717) is 12.6 Å². The number of halogens is 1. The van der Waals surface area contributed by atoms with E-state index < -0.39 is 4.92 Å². The van der Waals surface area contributed by atoms with E-state index >= 15 is 0 Å². The van der Waals surface area contributed by atoms with Crippen LogP contribution in [0.3, 0.4) is 0 Å². The molecule has 20 heavy (non-hydrogen) atoms. The maximum Gasteiger partial charge on any atom is 0.288 e. The highest BCUT2D eigenvalue weighted by Gasteiger charge is 2.22. The standard InChI is InChI=1S/C14H20ClN3O2/c1-2-17-7-3-4-12(17)10-16-9-11-5-6-13(15)14(8-11)18(19)20/h5-6,8,12,16H,2-4,7,9-10H2,1H3/t12-/m0/s1. The third-order valence-electron chi connectivity index (χ3n) is 3.82. The van der Waals surface area contributed by atoms with Crippen LogP contribution in [0.2, 0.25) is 5.02 Å². The van der Waals surface area contributed by atoms with Crippen molar-refractivity contribution < 1.29 is 4.92 Å². The molecule has 1 aliphatic heterocycles. The Bertz CT molecular complexity index is 481. The summed E-state index contributed by atoms with van der Waals surface area (Å²) in [7, 11) is 0. The van der Waals surface area contributed by atoms with Crippen molar-refractivity contribution in [3.05, 3.63) is 38.9 Å². The van der Waals surface area contributed by atoms with Gasteiger partial charge in [-0.25, -0.2) is 0 Å². The predicted molar refractivity (Wildman–Crippen MR) is 80.1 cm³/mol. The molecule has 0 amide bonds. The second-order valence-electron chi connectivity index (χ2n) is 5.10. The highest BCUT2D eigenvalue weighted by molar-refractivity contribution is 6.32. The van der Waals surface area contributed by atoms with Crippen molar-refractivity contribution in [2.24, 2.45) is 0 Å². The first-order chi connectivity index (χ1) is 9.61. The topological polar surface area (TPSA) is 58.4 Å². The lowest BCUT2D eigenvalue weighted by Crippen LogP contribution is -2.37. The molecule has 1 aromatic carbocycles. The highest BCUT2D eigenvalue weighted by Crippen LogP contribution is 2.25. The summed E-state index contributed by atoms with van der Waals surface area (Å²) >= 11 is 5.80. The summed E-state index contributed by atoms with van der Waals surface area (Å²) in [6, 6.07) is 5.54. The van der Waals surface area contributed by atoms with Gasteiger partial charge in [-0.2, -0.15) is 0 Å². The van der Waals surface area contributed by atoms with E-state index in [-0.39, 0.29) is 10.7 Å². The molecule has 110 valence electrons. The average molecular weight is 298 g/mol. The number of rotatable bonds is 6. The Kier molecular flexibility index (Phi) is 5.34. The number of hydrogen-bond donors (Lipinski definition) is 1. The van der Waals surface area contributed by atoms with E-state index in [0.717, 1.165) is 18.7 Å². The second-order valence-corrected chi connectivity index (χ2v) is 5.51. The molecule has 1 aromatic rings. The average Bonchev–Trinajstić information content (AvgIpc) is 2.88. The molecule has 0 radical (unpaired) electrons. The lowest BCUT2D eigenvalue weighted by atomic mass is 10.2. The lowest BCUT2D eigenvalue weighted by Gasteiger charge is -2.23. The van der Waals surface area contributed by atoms with Gasteiger partial charge in [0.2, 0.25) is 0 Å². The van der Waals surface area contributed by atoms with Gasteiger partial charge >= 0.3 is 0 Å². The number of nitrogens with one attached hydrogen (secondary N) is 1. The number of likely N-dealkylation sites (N-methyl/N-ethyl adjacent to an activating group) is 1. The van der Waals surface area contributed by atoms with Crippen molar-refractivity contribution in [2.75, 3.05) is 19.6 Å². The van der Waals surface area contributed by atoms with Crippen LogP contribution in [0.1, 0.15) is 25.3 Å². The van der Waals surface area contributed by atoms with Gasteiger partial charge < -0.3 is 5.32 Å². The Hall–Kier alpha value is -1.17. The molecule has 0 unspecified atom stereocenters. The van der Waals surface area contributed by atoms with Crippen LogP contribution in [0.25, 0.3) is 0 Å². The van der Waals surface area contributed by atoms with Crippen molar-refractivity contribution in [3.63, 3.8) is 0 Å². The van der Waals surface area contributed by atoms with Crippen LogP contribution in [-0.4, -0.2) is 35.5 Å². The normalized spacial score (nSPS) is 19.4. The van der Waals surface area contributed by atoms with Crippen molar-refractivity contribution in [1.82, 2.24) is 10.2 Å². The molecule has 1 aliphatic rings. The number of hydrogen-bond acceptors (Lipinski definition) is 4. The van der Waals surface area contributed by atoms with E-state index in [9.17, 15) is 10.1 Å². The fraction of sp³-hybridized carbons (Fsp3) is 0.571. The number of benzene rings is 1. The van der Waals surface area contributed by atoms with E-state index in [2.05, 4.69) is 17.1 Å². The van der Waals surface area contributed by atoms with E-state index in [1.165, 1.54) is 19.4 Å². The van der Waals surface area contributed by atoms with Gasteiger partial charge in [-0.05, 0) is 37.6 Å². The predicted octanol–water partition coefficient (Wildman–Crippen LogP) is 2.82. The van der Waals surface area contributed by atoms with Gasteiger partial charge in [0.15, 0.2) is 0 Å². The Morgan fingerprint density at radius 3 is 3.05 bits per heavy atom. The molecular formula is C14H20ClN3O2. The molecule has 5 nitrogen and oxygen atoms in total. The molecule has 1 saturated heterocycles. The minimum atomic E-state index is -0.443. The van der Waals surface area contributed by atoms with Crippen LogP contribution >= 0.6 is 11.6 Å². The third kappa shape index (κ3) is 3.69. The van der Waals surface area contributed by atoms with E-state index in [4.69, 9.17) is 11.6 Å². The molecule has 0 bridgehead atoms. The van der Waals surface area contributed by atoms with Gasteiger partial charge in [0.1, 0.15) is 5.02 Å². The van der Waals surface area contributed by atoms with Crippen molar-refractivity contribution in [3.8, 4) is 0 Å². The minimum absolute atomic E-state index is 0.0259. The zero-order valence-electron chi connectivity index (χ0n) is 11.6. The smallest absolute Gasteiger partial charge is 0.288 e. The first kappa shape index (κ1) is 15.2. The number of nitro groups is 1. The molecule has 1 heterocycles. The summed E-state index contributed by atoms with van der Waals surface area (Å²) in [5.74, 6) is 0. The Labute approximate surface area is 124 Å². The number of nitro benzene ring substituents is 1. The quantitative estimate of drug-likeness (QED) is 0.648. The summed E-state index contributed by atoms with van der Waals surface area (Å²) in [6.45, 7) is 5.99. The molecule has 0 aliphatic carbocycles. The Morgan fingerprint density at radius 2 is 2.35 bits per heavy atom. The molecule has 2 rings (SSSR count). The minimum Gasteiger partial charge on any atom is -0.311 e. The first-order valence-corrected chi connectivity index (χ1v) is 7.37. The summed E-state index contributed by atoms with van der Waals surface area (Å²) in [4.78, 5) is 12.9. The summed E-state index contributed by atoms with van der Waals surface area (Å²) < 4.78 is 0. The monoisotopic (exact) mass is 297 g/mol. The molecule has 1 atom stereocenters. The molecule has 0 saturated carbocycles. The molecular weight excluding hydrogens is 278 g/mol. The lowest BCUT2D eigenvalue weighted by molar-refractivity contribution is -0.384. The van der Waals surface area contributed by atoms with Crippen LogP contribution in [-0.2, 0) is 6.54 Å². The summed E-state index contributed by atoms with van der Waals surface area (Å²) in [5, 5.41) is 14.4. The molecule has 1 fully saturated rings. The Morgan fingerprint density at radius 1 is 1.55 bits per heavy atom. The number of likely N-dealkylation sites (tertiary alicyclic amines) is 1. The van der Waals surface area contributed by atoms with E-state index in [1.54, 1.807) is 12.1 Å². The fourth-order valence-electron chi connectivity index (χ4n) is 2.73. The van der Waals surface area contributed by atoms with Crippen LogP contribution < -0.4 is 5.32 Å². The van der Waals surface area contributed by atoms with Crippen molar-refractivity contribution in [2.45, 2.75) is 32.4 Å². The van der Waals surface area contributed by atoms with E-state index in [1.807, 2.05) is 6.07 Å². The summed E-state index contributed by atoms with van der Waals surface area (Å²) in [5.41, 5.74) is 0.865. The molecule has 0 spiro atoms. The zero-order chi connectivity index (χ0) is 14.5. The van der Waals surface area contributed by atoms with Crippen LogP contribution in [0.4, 0.5) is 5.69 Å². The van der Waals surface area contributed by atoms with Crippen LogP contribution in [0, 0.1) is 10.1 Å². The van der Waals surface area contributed by atoms with Gasteiger partial charge in [-0.1, -0.05) is 24.6 Å². The van der Waals surface area contributed by atoms with Crippen molar-refractivity contribution >= 4 is 17.3 Å². The SMILES string of the molecule is CCN1CCC[C@H]1CNCc1ccc(Cl)c([N+](=O)[O-])c1. The molecule has 0 aromatic heterocycles. The number of nitrogens with zero attached hydrogens (tertiary/aromatic N) is 2. The molecule has 1 N–H and O–H groups in total. The van der Waals surface area contributed by atoms with Crippen molar-refractivity contribution in [1.29, 1.82) is 0 Å². The first-order valence-electron chi connectivity index (χ1n) is 6.99. The summed E-state index contributed by atoms with van der Waals surface area (Å²) in [6.07, 6.45) is 2.48. The van der Waals surface area contributed by atoms with Gasteiger partial charge in [0.05, 0.1) is 4.92 Å². The zero-order valence-corrected chi connectivity index (χ0v) is 12.4. The van der Waals surface area contributed by atoms with Crippen LogP contribution in [0.15, 0.2) is 18.2 Å². The second kappa shape index (κ2) is 7.02. The van der Waals surface area contributed by atoms with Crippen LogP contribution in [0.5, 0.6) is 0 Å². The maximum absolute atomic E-state index is 10.8. The van der Waals surface area contributed by atoms with Gasteiger partial charge in [-0.15, -0.1) is 0 Å². The largest absolute Gasteiger partial charge is 0.311 e.